The summed E-state index contributed by atoms with van der Waals surface area (Å²) in [7, 11) is 0. The molecule has 5 nitrogen and oxygen atoms in total. The quantitative estimate of drug-likeness (QED) is 0.622. The summed E-state index contributed by atoms with van der Waals surface area (Å²) in [6.07, 6.45) is 1.91. The van der Waals surface area contributed by atoms with Crippen LogP contribution in [0.1, 0.15) is 42.6 Å². The average Bonchev–Trinajstić information content (AvgIpc) is 2.83. The maximum absolute atomic E-state index is 14.0. The minimum Gasteiger partial charge on any atom is -0.354 e. The summed E-state index contributed by atoms with van der Waals surface area (Å²) in [6, 6.07) is 13.4. The number of carbonyl (C=O) groups excluding carboxylic acids is 2. The van der Waals surface area contributed by atoms with Crippen LogP contribution in [0, 0.1) is 17.6 Å². The maximum atomic E-state index is 14.0. The second-order valence-electron chi connectivity index (χ2n) is 8.50. The van der Waals surface area contributed by atoms with Gasteiger partial charge in [0.1, 0.15) is 11.6 Å². The van der Waals surface area contributed by atoms with E-state index in [-0.39, 0.29) is 23.4 Å². The number of halogens is 2. The lowest BCUT2D eigenvalue weighted by molar-refractivity contribution is -0.126. The van der Waals surface area contributed by atoms with Gasteiger partial charge in [0.15, 0.2) is 0 Å². The van der Waals surface area contributed by atoms with Crippen LogP contribution in [0.15, 0.2) is 48.5 Å². The van der Waals surface area contributed by atoms with Crippen molar-refractivity contribution in [2.75, 3.05) is 32.7 Å². The highest BCUT2D eigenvalue weighted by Crippen LogP contribution is 2.21. The number of carbonyl (C=O) groups is 2. The molecule has 3 rings (SSSR count). The molecule has 33 heavy (non-hydrogen) atoms. The minimum atomic E-state index is -0.860. The Labute approximate surface area is 194 Å². The summed E-state index contributed by atoms with van der Waals surface area (Å²) in [4.78, 5) is 29.3. The first-order valence-corrected chi connectivity index (χ1v) is 11.7. The molecular weight excluding hydrogens is 424 g/mol. The Morgan fingerprint density at radius 2 is 1.73 bits per heavy atom. The molecule has 2 aromatic carbocycles. The third-order valence-corrected chi connectivity index (χ3v) is 6.47. The molecular formula is C26H33F2N3O2. The molecule has 0 bridgehead atoms. The first-order chi connectivity index (χ1) is 15.9. The van der Waals surface area contributed by atoms with Gasteiger partial charge >= 0.3 is 0 Å². The fourth-order valence-electron chi connectivity index (χ4n) is 4.50. The summed E-state index contributed by atoms with van der Waals surface area (Å²) in [5.74, 6) is -2.22. The molecule has 0 saturated carbocycles. The van der Waals surface area contributed by atoms with Crippen LogP contribution in [0.5, 0.6) is 0 Å². The van der Waals surface area contributed by atoms with Gasteiger partial charge in [-0.15, -0.1) is 0 Å². The van der Waals surface area contributed by atoms with Crippen LogP contribution < -0.4 is 5.32 Å². The number of nitrogens with zero attached hydrogens (tertiary/aromatic N) is 2. The number of piperidine rings is 1. The lowest BCUT2D eigenvalue weighted by atomic mass is 9.95. The molecule has 2 amide bonds. The molecule has 2 aromatic rings. The molecule has 1 fully saturated rings. The monoisotopic (exact) mass is 457 g/mol. The van der Waals surface area contributed by atoms with Crippen molar-refractivity contribution >= 4 is 11.8 Å². The predicted molar refractivity (Wildman–Crippen MR) is 125 cm³/mol. The Bertz CT molecular complexity index is 926. The zero-order valence-electron chi connectivity index (χ0n) is 19.4. The topological polar surface area (TPSA) is 52.7 Å². The summed E-state index contributed by atoms with van der Waals surface area (Å²) >= 11 is 0. The van der Waals surface area contributed by atoms with Crippen molar-refractivity contribution in [2.24, 2.45) is 5.92 Å². The fraction of sp³-hybridized carbons (Fsp3) is 0.462. The lowest BCUT2D eigenvalue weighted by Gasteiger charge is -2.33. The van der Waals surface area contributed by atoms with Crippen LogP contribution in [0.2, 0.25) is 0 Å². The van der Waals surface area contributed by atoms with Crippen LogP contribution in [0.4, 0.5) is 8.78 Å². The van der Waals surface area contributed by atoms with Crippen molar-refractivity contribution < 1.29 is 18.4 Å². The SMILES string of the molecule is CCN(CC)C(CNC(=O)C1CCN(C(=O)c2ccc(F)cc2F)CC1)Cc1ccccc1. The van der Waals surface area contributed by atoms with E-state index in [4.69, 9.17) is 0 Å². The molecule has 1 aliphatic heterocycles. The van der Waals surface area contributed by atoms with Crippen LogP contribution in [0.25, 0.3) is 0 Å². The van der Waals surface area contributed by atoms with Crippen LogP contribution in [-0.2, 0) is 11.2 Å². The summed E-state index contributed by atoms with van der Waals surface area (Å²) in [5.41, 5.74) is 1.10. The fourth-order valence-corrected chi connectivity index (χ4v) is 4.50. The van der Waals surface area contributed by atoms with Crippen molar-refractivity contribution in [3.63, 3.8) is 0 Å². The van der Waals surface area contributed by atoms with E-state index in [1.54, 1.807) is 0 Å². The molecule has 1 N–H and O–H groups in total. The molecule has 1 aliphatic rings. The number of likely N-dealkylation sites (tertiary alicyclic amines) is 1. The van der Waals surface area contributed by atoms with Gasteiger partial charge in [-0.3, -0.25) is 14.5 Å². The molecule has 1 unspecified atom stereocenters. The average molecular weight is 458 g/mol. The van der Waals surface area contributed by atoms with Crippen molar-refractivity contribution in [1.82, 2.24) is 15.1 Å². The summed E-state index contributed by atoms with van der Waals surface area (Å²) in [6.45, 7) is 7.37. The molecule has 1 atom stereocenters. The molecule has 1 saturated heterocycles. The molecule has 1 heterocycles. The number of benzene rings is 2. The predicted octanol–water partition coefficient (Wildman–Crippen LogP) is 3.89. The lowest BCUT2D eigenvalue weighted by Crippen LogP contribution is -2.48. The molecule has 0 radical (unpaired) electrons. The molecule has 0 aliphatic carbocycles. The summed E-state index contributed by atoms with van der Waals surface area (Å²) in [5, 5.41) is 3.13. The molecule has 0 aromatic heterocycles. The van der Waals surface area contributed by atoms with Gasteiger partial charge in [-0.25, -0.2) is 8.78 Å². The van der Waals surface area contributed by atoms with E-state index in [9.17, 15) is 18.4 Å². The normalized spacial score (nSPS) is 15.5. The van der Waals surface area contributed by atoms with Crippen molar-refractivity contribution in [1.29, 1.82) is 0 Å². The third-order valence-electron chi connectivity index (χ3n) is 6.47. The van der Waals surface area contributed by atoms with Crippen molar-refractivity contribution in [2.45, 2.75) is 39.2 Å². The smallest absolute Gasteiger partial charge is 0.256 e. The van der Waals surface area contributed by atoms with E-state index in [0.29, 0.717) is 32.5 Å². The second-order valence-corrected chi connectivity index (χ2v) is 8.50. The Morgan fingerprint density at radius 1 is 1.06 bits per heavy atom. The summed E-state index contributed by atoms with van der Waals surface area (Å²) < 4.78 is 27.1. The molecule has 0 spiro atoms. The van der Waals surface area contributed by atoms with E-state index >= 15 is 0 Å². The van der Waals surface area contributed by atoms with E-state index in [1.165, 1.54) is 16.5 Å². The van der Waals surface area contributed by atoms with Gasteiger partial charge in [-0.2, -0.15) is 0 Å². The number of rotatable bonds is 9. The number of likely N-dealkylation sites (N-methyl/N-ethyl adjacent to an activating group) is 1. The first kappa shape index (κ1) is 24.8. The van der Waals surface area contributed by atoms with Gasteiger partial charge in [0, 0.05) is 37.7 Å². The Kier molecular flexibility index (Phi) is 8.95. The highest BCUT2D eigenvalue weighted by atomic mass is 19.1. The van der Waals surface area contributed by atoms with Gasteiger partial charge in [0.25, 0.3) is 5.91 Å². The first-order valence-electron chi connectivity index (χ1n) is 11.7. The van der Waals surface area contributed by atoms with Crippen LogP contribution >= 0.6 is 0 Å². The van der Waals surface area contributed by atoms with Crippen molar-refractivity contribution in [3.8, 4) is 0 Å². The Hall–Kier alpha value is -2.80. The van der Waals surface area contributed by atoms with E-state index < -0.39 is 17.5 Å². The zero-order chi connectivity index (χ0) is 23.8. The minimum absolute atomic E-state index is 0.000259. The van der Waals surface area contributed by atoms with Gasteiger partial charge < -0.3 is 10.2 Å². The largest absolute Gasteiger partial charge is 0.354 e. The number of amides is 2. The van der Waals surface area contributed by atoms with Gasteiger partial charge in [0.2, 0.25) is 5.91 Å². The number of nitrogens with one attached hydrogen (secondary N) is 1. The highest BCUT2D eigenvalue weighted by molar-refractivity contribution is 5.94. The second kappa shape index (κ2) is 11.9. The third kappa shape index (κ3) is 6.60. The Balaban J connectivity index is 1.53. The van der Waals surface area contributed by atoms with E-state index in [2.05, 4.69) is 36.2 Å². The standard InChI is InChI=1S/C26H33F2N3O2/c1-3-30(4-2)22(16-19-8-6-5-7-9-19)18-29-25(32)20-12-14-31(15-13-20)26(33)23-11-10-21(27)17-24(23)28/h5-11,17,20,22H,3-4,12-16,18H2,1-2H3,(H,29,32). The number of hydrogen-bond donors (Lipinski definition) is 1. The number of hydrogen-bond acceptors (Lipinski definition) is 3. The molecule has 7 heteroatoms. The van der Waals surface area contributed by atoms with Gasteiger partial charge in [-0.1, -0.05) is 44.2 Å². The van der Waals surface area contributed by atoms with E-state index in [0.717, 1.165) is 31.6 Å². The van der Waals surface area contributed by atoms with Crippen LogP contribution in [-0.4, -0.2) is 60.4 Å². The van der Waals surface area contributed by atoms with Crippen molar-refractivity contribution in [3.05, 3.63) is 71.3 Å². The van der Waals surface area contributed by atoms with E-state index in [1.807, 2.05) is 18.2 Å². The highest BCUT2D eigenvalue weighted by Gasteiger charge is 2.29. The van der Waals surface area contributed by atoms with Gasteiger partial charge in [-0.05, 0) is 50.0 Å². The maximum Gasteiger partial charge on any atom is 0.256 e. The Morgan fingerprint density at radius 3 is 2.33 bits per heavy atom. The van der Waals surface area contributed by atoms with Gasteiger partial charge in [0.05, 0.1) is 5.56 Å². The zero-order valence-corrected chi connectivity index (χ0v) is 19.4. The molecule has 178 valence electrons. The van der Waals surface area contributed by atoms with Crippen LogP contribution in [0.3, 0.4) is 0 Å².